The van der Waals surface area contributed by atoms with Crippen LogP contribution < -0.4 is 5.73 Å². The molecule has 0 radical (unpaired) electrons. The molecule has 0 aliphatic rings. The van der Waals surface area contributed by atoms with Crippen LogP contribution in [0.1, 0.15) is 36.6 Å². The summed E-state index contributed by atoms with van der Waals surface area (Å²) in [7, 11) is 0. The Kier molecular flexibility index (Phi) is 3.77. The number of aryl methyl sites for hydroxylation is 1. The maximum atomic E-state index is 5.95. The van der Waals surface area contributed by atoms with Crippen LogP contribution in [0.3, 0.4) is 0 Å². The third kappa shape index (κ3) is 3.07. The van der Waals surface area contributed by atoms with Gasteiger partial charge in [-0.2, -0.15) is 0 Å². The van der Waals surface area contributed by atoms with Gasteiger partial charge in [-0.1, -0.05) is 6.08 Å². The summed E-state index contributed by atoms with van der Waals surface area (Å²) in [4.78, 5) is 0. The maximum Gasteiger partial charge on any atom is 0.101 e. The number of nitrogens with two attached hydrogens (primary N) is 1. The Hall–Kier alpha value is -1.02. The first-order valence-electron chi connectivity index (χ1n) is 4.65. The highest BCUT2D eigenvalue weighted by molar-refractivity contribution is 5.15. The minimum absolute atomic E-state index is 0.109. The Bertz CT molecular complexity index is 265. The van der Waals surface area contributed by atoms with Crippen LogP contribution in [-0.2, 0) is 0 Å². The second-order valence-corrected chi connectivity index (χ2v) is 3.32. The molecule has 0 spiro atoms. The standard InChI is InChI=1S/C11H17NO/c1-3-4-5-6-11(12)10-7-9(2)13-8-10/h3,7-8,11H,1,4-6,12H2,2H3. The van der Waals surface area contributed by atoms with Gasteiger partial charge in [-0.25, -0.2) is 0 Å². The van der Waals surface area contributed by atoms with Crippen molar-refractivity contribution in [2.24, 2.45) is 5.73 Å². The molecule has 2 nitrogen and oxygen atoms in total. The molecule has 0 aliphatic heterocycles. The predicted octanol–water partition coefficient (Wildman–Crippen LogP) is 2.94. The molecule has 1 unspecified atom stereocenters. The second-order valence-electron chi connectivity index (χ2n) is 3.32. The Morgan fingerprint density at radius 1 is 1.69 bits per heavy atom. The van der Waals surface area contributed by atoms with Crippen LogP contribution in [0, 0.1) is 6.92 Å². The lowest BCUT2D eigenvalue weighted by molar-refractivity contribution is 0.524. The van der Waals surface area contributed by atoms with Crippen LogP contribution in [0.2, 0.25) is 0 Å². The van der Waals surface area contributed by atoms with Crippen molar-refractivity contribution in [1.82, 2.24) is 0 Å². The maximum absolute atomic E-state index is 5.95. The summed E-state index contributed by atoms with van der Waals surface area (Å²) in [5.74, 6) is 0.925. The summed E-state index contributed by atoms with van der Waals surface area (Å²) in [5.41, 5.74) is 7.05. The zero-order valence-electron chi connectivity index (χ0n) is 8.12. The van der Waals surface area contributed by atoms with E-state index < -0.39 is 0 Å². The lowest BCUT2D eigenvalue weighted by atomic mass is 10.0. The molecule has 0 saturated heterocycles. The van der Waals surface area contributed by atoms with E-state index in [1.165, 1.54) is 0 Å². The molecule has 1 atom stereocenters. The molecule has 0 fully saturated rings. The first-order valence-corrected chi connectivity index (χ1v) is 4.65. The fraction of sp³-hybridized carbons (Fsp3) is 0.455. The van der Waals surface area contributed by atoms with E-state index in [0.29, 0.717) is 0 Å². The van der Waals surface area contributed by atoms with Crippen LogP contribution in [0.15, 0.2) is 29.4 Å². The molecule has 0 aromatic carbocycles. The van der Waals surface area contributed by atoms with Crippen molar-refractivity contribution in [3.8, 4) is 0 Å². The topological polar surface area (TPSA) is 39.2 Å². The third-order valence-corrected chi connectivity index (χ3v) is 2.10. The van der Waals surface area contributed by atoms with Crippen LogP contribution in [0.5, 0.6) is 0 Å². The van der Waals surface area contributed by atoms with E-state index in [2.05, 4.69) is 6.58 Å². The van der Waals surface area contributed by atoms with Gasteiger partial charge in [0.2, 0.25) is 0 Å². The molecule has 1 heterocycles. The minimum atomic E-state index is 0.109. The van der Waals surface area contributed by atoms with Gasteiger partial charge in [-0.05, 0) is 32.3 Å². The molecule has 0 amide bonds. The molecule has 2 N–H and O–H groups in total. The van der Waals surface area contributed by atoms with Gasteiger partial charge in [0.25, 0.3) is 0 Å². The quantitative estimate of drug-likeness (QED) is 0.557. The van der Waals surface area contributed by atoms with Crippen molar-refractivity contribution in [3.63, 3.8) is 0 Å². The Balaban J connectivity index is 2.39. The highest BCUT2D eigenvalue weighted by Gasteiger charge is 2.07. The highest BCUT2D eigenvalue weighted by Crippen LogP contribution is 2.18. The number of unbranched alkanes of at least 4 members (excludes halogenated alkanes) is 1. The average molecular weight is 179 g/mol. The van der Waals surface area contributed by atoms with Gasteiger partial charge in [0, 0.05) is 11.6 Å². The van der Waals surface area contributed by atoms with Gasteiger partial charge in [-0.3, -0.25) is 0 Å². The molecule has 0 saturated carbocycles. The fourth-order valence-electron chi connectivity index (χ4n) is 1.31. The fourth-order valence-corrected chi connectivity index (χ4v) is 1.31. The van der Waals surface area contributed by atoms with Crippen molar-refractivity contribution in [3.05, 3.63) is 36.3 Å². The van der Waals surface area contributed by atoms with E-state index in [1.54, 1.807) is 6.26 Å². The van der Waals surface area contributed by atoms with Crippen LogP contribution in [0.4, 0.5) is 0 Å². The van der Waals surface area contributed by atoms with E-state index in [-0.39, 0.29) is 6.04 Å². The largest absolute Gasteiger partial charge is 0.469 e. The van der Waals surface area contributed by atoms with Crippen LogP contribution in [-0.4, -0.2) is 0 Å². The Labute approximate surface area is 79.4 Å². The first kappa shape index (κ1) is 10.1. The number of furan rings is 1. The summed E-state index contributed by atoms with van der Waals surface area (Å²) >= 11 is 0. The van der Waals surface area contributed by atoms with Gasteiger partial charge in [0.1, 0.15) is 5.76 Å². The van der Waals surface area contributed by atoms with E-state index >= 15 is 0 Å². The minimum Gasteiger partial charge on any atom is -0.469 e. The summed E-state index contributed by atoms with van der Waals surface area (Å²) in [6.07, 6.45) is 6.78. The van der Waals surface area contributed by atoms with Gasteiger partial charge >= 0.3 is 0 Å². The van der Waals surface area contributed by atoms with Crippen molar-refractivity contribution < 1.29 is 4.42 Å². The summed E-state index contributed by atoms with van der Waals surface area (Å²) in [5, 5.41) is 0. The SMILES string of the molecule is C=CCCCC(N)c1coc(C)c1. The van der Waals surface area contributed by atoms with Gasteiger partial charge in [0.15, 0.2) is 0 Å². The zero-order valence-corrected chi connectivity index (χ0v) is 8.12. The number of rotatable bonds is 5. The van der Waals surface area contributed by atoms with Crippen LogP contribution in [0.25, 0.3) is 0 Å². The van der Waals surface area contributed by atoms with Crippen molar-refractivity contribution in [2.45, 2.75) is 32.2 Å². The molecular formula is C11H17NO. The molecule has 1 aromatic heterocycles. The number of allylic oxidation sites excluding steroid dienone is 1. The summed E-state index contributed by atoms with van der Waals surface area (Å²) < 4.78 is 5.19. The first-order chi connectivity index (χ1) is 6.24. The Morgan fingerprint density at radius 2 is 2.46 bits per heavy atom. The molecule has 72 valence electrons. The lowest BCUT2D eigenvalue weighted by Crippen LogP contribution is -2.08. The van der Waals surface area contributed by atoms with Crippen molar-refractivity contribution in [1.29, 1.82) is 0 Å². The van der Waals surface area contributed by atoms with Crippen molar-refractivity contribution >= 4 is 0 Å². The predicted molar refractivity (Wildman–Crippen MR) is 54.4 cm³/mol. The van der Waals surface area contributed by atoms with Crippen molar-refractivity contribution in [2.75, 3.05) is 0 Å². The normalized spacial score (nSPS) is 12.8. The molecule has 2 heteroatoms. The zero-order chi connectivity index (χ0) is 9.68. The molecule has 0 aliphatic carbocycles. The van der Waals surface area contributed by atoms with Crippen LogP contribution >= 0.6 is 0 Å². The summed E-state index contributed by atoms with van der Waals surface area (Å²) in [6, 6.07) is 2.11. The second kappa shape index (κ2) is 4.87. The molecule has 13 heavy (non-hydrogen) atoms. The molecule has 1 aromatic rings. The summed E-state index contributed by atoms with van der Waals surface area (Å²) in [6.45, 7) is 5.61. The van der Waals surface area contributed by atoms with Gasteiger partial charge in [-0.15, -0.1) is 6.58 Å². The lowest BCUT2D eigenvalue weighted by Gasteiger charge is -2.06. The van der Waals surface area contributed by atoms with E-state index in [0.717, 1.165) is 30.6 Å². The van der Waals surface area contributed by atoms with E-state index in [1.807, 2.05) is 19.1 Å². The van der Waals surface area contributed by atoms with E-state index in [4.69, 9.17) is 10.2 Å². The highest BCUT2D eigenvalue weighted by atomic mass is 16.3. The average Bonchev–Trinajstić information content (AvgIpc) is 2.52. The number of hydrogen-bond donors (Lipinski definition) is 1. The van der Waals surface area contributed by atoms with Gasteiger partial charge in [0.05, 0.1) is 6.26 Å². The molecular weight excluding hydrogens is 162 g/mol. The Morgan fingerprint density at radius 3 is 3.00 bits per heavy atom. The smallest absolute Gasteiger partial charge is 0.101 e. The van der Waals surface area contributed by atoms with Gasteiger partial charge < -0.3 is 10.2 Å². The monoisotopic (exact) mass is 179 g/mol. The number of hydrogen-bond acceptors (Lipinski definition) is 2. The molecule has 1 rings (SSSR count). The third-order valence-electron chi connectivity index (χ3n) is 2.10. The molecule has 0 bridgehead atoms. The van der Waals surface area contributed by atoms with E-state index in [9.17, 15) is 0 Å².